The molecule has 21 heavy (non-hydrogen) atoms. The Hall–Kier alpha value is -0.800. The van der Waals surface area contributed by atoms with Crippen LogP contribution in [0.4, 0.5) is 0 Å². The molecule has 0 aliphatic heterocycles. The Balaban J connectivity index is 2.46. The molecule has 0 aromatic rings. The third-order valence-electron chi connectivity index (χ3n) is 3.62. The number of hydrogen-bond acceptors (Lipinski definition) is 8. The van der Waals surface area contributed by atoms with Crippen LogP contribution in [0.15, 0.2) is 0 Å². The normalized spacial score (nSPS) is 27.0. The molecule has 1 rings (SSSR count). The molecular weight excluding hydrogens is 316 g/mol. The molecule has 0 bridgehead atoms. The lowest BCUT2D eigenvalue weighted by atomic mass is 9.84. The fraction of sp³-hybridized carbons (Fsp3) is 0.833. The second kappa shape index (κ2) is 8.60. The first kappa shape index (κ1) is 18.2. The van der Waals surface area contributed by atoms with E-state index in [-0.39, 0.29) is 29.9 Å². The van der Waals surface area contributed by atoms with Gasteiger partial charge < -0.3 is 15.2 Å². The van der Waals surface area contributed by atoms with Crippen molar-refractivity contribution in [3.05, 3.63) is 10.1 Å². The Labute approximate surface area is 131 Å². The van der Waals surface area contributed by atoms with Crippen molar-refractivity contribution in [3.63, 3.8) is 0 Å². The minimum atomic E-state index is -1.34. The number of nitrogens with zero attached hydrogens (tertiary/aromatic N) is 1. The second-order valence-corrected chi connectivity index (χ2v) is 7.76. The first-order valence-corrected chi connectivity index (χ1v) is 9.05. The summed E-state index contributed by atoms with van der Waals surface area (Å²) in [5, 5.41) is 24.8. The van der Waals surface area contributed by atoms with E-state index in [1.165, 1.54) is 28.5 Å². The van der Waals surface area contributed by atoms with Gasteiger partial charge in [-0.25, -0.2) is 0 Å². The zero-order chi connectivity index (χ0) is 16.0. The summed E-state index contributed by atoms with van der Waals surface area (Å²) in [5.74, 6) is -1.74. The summed E-state index contributed by atoms with van der Waals surface area (Å²) in [6.07, 6.45) is 1.11. The lowest BCUT2D eigenvalue weighted by Crippen LogP contribution is -2.46. The molecule has 4 unspecified atom stereocenters. The monoisotopic (exact) mass is 335 g/mol. The predicted octanol–water partition coefficient (Wildman–Crippen LogP) is 0.109. The minimum Gasteiger partial charge on any atom is -0.550 e. The summed E-state index contributed by atoms with van der Waals surface area (Å²) in [6.45, 7) is 1.51. The van der Waals surface area contributed by atoms with Crippen molar-refractivity contribution in [3.8, 4) is 0 Å². The Bertz CT molecular complexity index is 407. The molecule has 1 saturated carbocycles. The Morgan fingerprint density at radius 1 is 1.43 bits per heavy atom. The average Bonchev–Trinajstić information content (AvgIpc) is 2.42. The van der Waals surface area contributed by atoms with Crippen LogP contribution in [0, 0.1) is 16.0 Å². The highest BCUT2D eigenvalue weighted by molar-refractivity contribution is 8.77. The third-order valence-corrected chi connectivity index (χ3v) is 6.56. The molecule has 1 aliphatic rings. The maximum absolute atomic E-state index is 11.3. The molecule has 0 saturated heterocycles. The van der Waals surface area contributed by atoms with Crippen LogP contribution in [0.5, 0.6) is 0 Å². The lowest BCUT2D eigenvalue weighted by Gasteiger charge is -2.31. The molecule has 1 N–H and O–H groups in total. The third kappa shape index (κ3) is 5.48. The topological polar surface area (TPSA) is 112 Å². The number of ketones is 1. The van der Waals surface area contributed by atoms with Gasteiger partial charge in [0.25, 0.3) is 0 Å². The molecule has 0 radical (unpaired) electrons. The predicted molar refractivity (Wildman–Crippen MR) is 80.5 cm³/mol. The van der Waals surface area contributed by atoms with Gasteiger partial charge in [-0.15, -0.1) is 0 Å². The number of hydrogen-bond donors (Lipinski definition) is 1. The highest BCUT2D eigenvalue weighted by Crippen LogP contribution is 2.39. The summed E-state index contributed by atoms with van der Waals surface area (Å²) < 4.78 is 0. The van der Waals surface area contributed by atoms with Crippen molar-refractivity contribution in [1.29, 1.82) is 0 Å². The Morgan fingerprint density at radius 2 is 2.10 bits per heavy atom. The van der Waals surface area contributed by atoms with Crippen LogP contribution in [0.3, 0.4) is 0 Å². The van der Waals surface area contributed by atoms with E-state index in [1.54, 1.807) is 7.05 Å². The number of aliphatic carboxylic acids is 1. The van der Waals surface area contributed by atoms with Crippen LogP contribution >= 0.6 is 21.6 Å². The second-order valence-electron chi connectivity index (χ2n) is 5.05. The van der Waals surface area contributed by atoms with Gasteiger partial charge in [0.15, 0.2) is 0 Å². The summed E-state index contributed by atoms with van der Waals surface area (Å²) in [7, 11) is 4.71. The van der Waals surface area contributed by atoms with Crippen molar-refractivity contribution < 1.29 is 19.6 Å². The standard InChI is InChI=1S/C12H20N2O5S2/c1-7(15)10(13-2)6-20-21-8-3-4-11(14(18)19)9(5-8)12(16)17/h8-11,13H,3-6H2,1-2H3,(H,16,17)/p-1. The van der Waals surface area contributed by atoms with E-state index in [2.05, 4.69) is 5.32 Å². The quantitative estimate of drug-likeness (QED) is 0.378. The van der Waals surface area contributed by atoms with Gasteiger partial charge in [0.2, 0.25) is 6.04 Å². The van der Waals surface area contributed by atoms with Crippen LogP contribution in [0.1, 0.15) is 26.2 Å². The van der Waals surface area contributed by atoms with Crippen LogP contribution < -0.4 is 10.4 Å². The molecule has 4 atom stereocenters. The van der Waals surface area contributed by atoms with E-state index < -0.39 is 22.9 Å². The number of nitrogens with one attached hydrogen (secondary N) is 1. The Morgan fingerprint density at radius 3 is 2.57 bits per heavy atom. The van der Waals surface area contributed by atoms with Gasteiger partial charge >= 0.3 is 0 Å². The SMILES string of the molecule is CNC(CSSC1CCC([N+](=O)[O-])C(C(=O)[O-])C1)C(C)=O. The van der Waals surface area contributed by atoms with E-state index in [1.807, 2.05) is 0 Å². The van der Waals surface area contributed by atoms with Gasteiger partial charge in [0.05, 0.1) is 17.9 Å². The molecule has 1 aliphatic carbocycles. The zero-order valence-corrected chi connectivity index (χ0v) is 13.6. The fourth-order valence-electron chi connectivity index (χ4n) is 2.32. The van der Waals surface area contributed by atoms with Gasteiger partial charge in [-0.2, -0.15) is 0 Å². The highest BCUT2D eigenvalue weighted by Gasteiger charge is 2.39. The minimum absolute atomic E-state index is 0.0403. The summed E-state index contributed by atoms with van der Waals surface area (Å²) in [6, 6.07) is -1.27. The fourth-order valence-corrected chi connectivity index (χ4v) is 5.39. The van der Waals surface area contributed by atoms with Crippen LogP contribution in [-0.2, 0) is 9.59 Å². The van der Waals surface area contributed by atoms with Gasteiger partial charge in [-0.05, 0) is 26.8 Å². The maximum atomic E-state index is 11.3. The number of carboxylic acids is 1. The number of carbonyl (C=O) groups is 2. The first-order valence-electron chi connectivity index (χ1n) is 6.67. The molecule has 9 heteroatoms. The summed E-state index contributed by atoms with van der Waals surface area (Å²) in [5.41, 5.74) is 0. The van der Waals surface area contributed by atoms with Crippen molar-refractivity contribution in [1.82, 2.24) is 5.32 Å². The number of carboxylic acid groups (broad SMARTS) is 1. The number of carbonyl (C=O) groups excluding carboxylic acids is 2. The van der Waals surface area contributed by atoms with Crippen LogP contribution in [0.2, 0.25) is 0 Å². The number of rotatable bonds is 8. The first-order chi connectivity index (χ1) is 9.86. The maximum Gasteiger partial charge on any atom is 0.221 e. The van der Waals surface area contributed by atoms with E-state index in [4.69, 9.17) is 0 Å². The molecule has 0 spiro atoms. The molecule has 7 nitrogen and oxygen atoms in total. The summed E-state index contributed by atoms with van der Waals surface area (Å²) >= 11 is 0. The van der Waals surface area contributed by atoms with Crippen molar-refractivity contribution >= 4 is 33.3 Å². The molecule has 0 amide bonds. The average molecular weight is 335 g/mol. The van der Waals surface area contributed by atoms with Gasteiger partial charge in [0, 0.05) is 22.3 Å². The van der Waals surface area contributed by atoms with Crippen molar-refractivity contribution in [2.45, 2.75) is 43.5 Å². The largest absolute Gasteiger partial charge is 0.550 e. The molecule has 0 aromatic heterocycles. The zero-order valence-electron chi connectivity index (χ0n) is 11.9. The van der Waals surface area contributed by atoms with E-state index in [9.17, 15) is 24.8 Å². The van der Waals surface area contributed by atoms with E-state index in [0.717, 1.165) is 0 Å². The Kier molecular flexibility index (Phi) is 7.47. The van der Waals surface area contributed by atoms with E-state index in [0.29, 0.717) is 12.2 Å². The van der Waals surface area contributed by atoms with Gasteiger partial charge in [-0.3, -0.25) is 14.9 Å². The smallest absolute Gasteiger partial charge is 0.221 e. The lowest BCUT2D eigenvalue weighted by molar-refractivity contribution is -0.535. The van der Waals surface area contributed by atoms with Crippen molar-refractivity contribution in [2.75, 3.05) is 12.8 Å². The molecule has 0 aromatic carbocycles. The molecular formula is C12H19N2O5S2-. The van der Waals surface area contributed by atoms with Crippen LogP contribution in [-0.4, -0.2) is 46.8 Å². The number of nitro groups is 1. The summed E-state index contributed by atoms with van der Waals surface area (Å²) in [4.78, 5) is 32.7. The van der Waals surface area contributed by atoms with Crippen LogP contribution in [0.25, 0.3) is 0 Å². The number of Topliss-reactive ketones (excluding diaryl/α,β-unsaturated/α-hetero) is 1. The number of likely N-dealkylation sites (N-methyl/N-ethyl adjacent to an activating group) is 1. The van der Waals surface area contributed by atoms with Gasteiger partial charge in [0.1, 0.15) is 5.78 Å². The van der Waals surface area contributed by atoms with Gasteiger partial charge in [-0.1, -0.05) is 21.6 Å². The molecule has 1 fully saturated rings. The highest BCUT2D eigenvalue weighted by atomic mass is 33.1. The molecule has 0 heterocycles. The van der Waals surface area contributed by atoms with E-state index >= 15 is 0 Å². The van der Waals surface area contributed by atoms with Crippen molar-refractivity contribution in [2.24, 2.45) is 5.92 Å². The molecule has 120 valence electrons.